The molecule has 0 radical (unpaired) electrons. The number of aryl methyl sites for hydroxylation is 1. The maximum absolute atomic E-state index is 12.7. The van der Waals surface area contributed by atoms with Crippen LogP contribution in [0.2, 0.25) is 5.02 Å². The number of aliphatic hydroxyl groups is 1. The SMILES string of the molecule is Cn1cc(CN2C(=S)N(c3ccc(Cl)cc3)[C@H]3[C@H]2[C@H]2OC(=O)[C@H]3C[C@H]2O)c2ccccc21. The molecule has 1 N–H and O–H groups in total. The van der Waals surface area contributed by atoms with Gasteiger partial charge in [-0.3, -0.25) is 4.79 Å². The molecule has 1 aromatic heterocycles. The van der Waals surface area contributed by atoms with E-state index in [0.29, 0.717) is 23.1 Å². The highest BCUT2D eigenvalue weighted by Crippen LogP contribution is 2.46. The van der Waals surface area contributed by atoms with Gasteiger partial charge in [0.15, 0.2) is 5.11 Å². The van der Waals surface area contributed by atoms with E-state index < -0.39 is 18.1 Å². The highest BCUT2D eigenvalue weighted by molar-refractivity contribution is 7.80. The molecule has 0 spiro atoms. The van der Waals surface area contributed by atoms with Crippen molar-refractivity contribution in [3.63, 3.8) is 0 Å². The zero-order valence-electron chi connectivity index (χ0n) is 17.4. The van der Waals surface area contributed by atoms with Gasteiger partial charge in [0.1, 0.15) is 6.10 Å². The zero-order chi connectivity index (χ0) is 22.1. The lowest BCUT2D eigenvalue weighted by atomic mass is 9.74. The van der Waals surface area contributed by atoms with Gasteiger partial charge in [-0.2, -0.15) is 0 Å². The van der Waals surface area contributed by atoms with Crippen LogP contribution in [0.25, 0.3) is 10.9 Å². The van der Waals surface area contributed by atoms with Crippen molar-refractivity contribution in [2.75, 3.05) is 4.90 Å². The largest absolute Gasteiger partial charge is 0.457 e. The number of rotatable bonds is 3. The lowest BCUT2D eigenvalue weighted by molar-refractivity contribution is -0.194. The molecule has 3 saturated heterocycles. The number of esters is 1. The number of carbonyl (C=O) groups excluding carboxylic acids is 1. The highest BCUT2D eigenvalue weighted by atomic mass is 35.5. The van der Waals surface area contributed by atoms with Crippen LogP contribution in [-0.2, 0) is 23.1 Å². The molecule has 5 atom stereocenters. The van der Waals surface area contributed by atoms with Crippen molar-refractivity contribution in [3.05, 3.63) is 65.3 Å². The third kappa shape index (κ3) is 2.81. The number of aromatic nitrogens is 1. The molecule has 4 fully saturated rings. The Hall–Kier alpha value is -2.61. The molecular weight excluding hydrogens is 446 g/mol. The first-order valence-corrected chi connectivity index (χ1v) is 11.5. The number of fused-ring (bicyclic) bond motifs is 3. The molecule has 4 aliphatic rings. The molecule has 1 aliphatic carbocycles. The lowest BCUT2D eigenvalue weighted by Crippen LogP contribution is -2.66. The molecule has 32 heavy (non-hydrogen) atoms. The Morgan fingerprint density at radius 3 is 2.69 bits per heavy atom. The Morgan fingerprint density at radius 2 is 1.91 bits per heavy atom. The molecular formula is C24H22ClN3O3S. The zero-order valence-corrected chi connectivity index (χ0v) is 19.0. The maximum Gasteiger partial charge on any atom is 0.311 e. The number of hydrogen-bond donors (Lipinski definition) is 1. The third-order valence-electron chi connectivity index (χ3n) is 7.06. The minimum Gasteiger partial charge on any atom is -0.457 e. The number of thiocarbonyl (C=S) groups is 1. The van der Waals surface area contributed by atoms with Gasteiger partial charge in [-0.25, -0.2) is 0 Å². The minimum atomic E-state index is -0.693. The number of aliphatic hydroxyl groups excluding tert-OH is 1. The fourth-order valence-electron chi connectivity index (χ4n) is 5.68. The van der Waals surface area contributed by atoms with Gasteiger partial charge >= 0.3 is 5.97 Å². The van der Waals surface area contributed by atoms with E-state index in [4.69, 9.17) is 28.6 Å². The van der Waals surface area contributed by atoms with E-state index in [-0.39, 0.29) is 18.1 Å². The minimum absolute atomic E-state index is 0.187. The summed E-state index contributed by atoms with van der Waals surface area (Å²) in [6.07, 6.45) is 1.21. The van der Waals surface area contributed by atoms with E-state index in [1.165, 1.54) is 0 Å². The summed E-state index contributed by atoms with van der Waals surface area (Å²) < 4.78 is 7.79. The molecule has 2 bridgehead atoms. The van der Waals surface area contributed by atoms with Gasteiger partial charge in [0.25, 0.3) is 0 Å². The Morgan fingerprint density at radius 1 is 1.16 bits per heavy atom. The van der Waals surface area contributed by atoms with Crippen LogP contribution in [0.4, 0.5) is 5.69 Å². The van der Waals surface area contributed by atoms with Gasteiger partial charge in [-0.1, -0.05) is 29.8 Å². The topological polar surface area (TPSA) is 57.9 Å². The van der Waals surface area contributed by atoms with Crippen molar-refractivity contribution >= 4 is 51.5 Å². The predicted molar refractivity (Wildman–Crippen MR) is 127 cm³/mol. The second-order valence-corrected chi connectivity index (χ2v) is 9.63. The molecule has 4 heterocycles. The van der Waals surface area contributed by atoms with Crippen LogP contribution >= 0.6 is 23.8 Å². The Kier molecular flexibility index (Phi) is 4.51. The van der Waals surface area contributed by atoms with Crippen molar-refractivity contribution < 1.29 is 14.6 Å². The number of anilines is 1. The maximum atomic E-state index is 12.7. The van der Waals surface area contributed by atoms with Crippen LogP contribution in [-0.4, -0.2) is 49.9 Å². The van der Waals surface area contributed by atoms with Crippen LogP contribution < -0.4 is 4.90 Å². The van der Waals surface area contributed by atoms with E-state index >= 15 is 0 Å². The Bertz CT molecular complexity index is 1240. The van der Waals surface area contributed by atoms with E-state index in [1.807, 2.05) is 43.4 Å². The summed E-state index contributed by atoms with van der Waals surface area (Å²) in [7, 11) is 2.03. The van der Waals surface area contributed by atoms with Gasteiger partial charge in [0.05, 0.1) is 24.1 Å². The second kappa shape index (κ2) is 7.20. The third-order valence-corrected chi connectivity index (χ3v) is 7.75. The van der Waals surface area contributed by atoms with E-state index in [2.05, 4.69) is 32.7 Å². The molecule has 0 amide bonds. The highest BCUT2D eigenvalue weighted by Gasteiger charge is 2.63. The monoisotopic (exact) mass is 467 g/mol. The lowest BCUT2D eigenvalue weighted by Gasteiger charge is -2.49. The van der Waals surface area contributed by atoms with E-state index in [9.17, 15) is 9.90 Å². The summed E-state index contributed by atoms with van der Waals surface area (Å²) in [4.78, 5) is 16.9. The first kappa shape index (κ1) is 20.0. The second-order valence-electron chi connectivity index (χ2n) is 8.83. The fourth-order valence-corrected chi connectivity index (χ4v) is 6.22. The van der Waals surface area contributed by atoms with E-state index in [0.717, 1.165) is 22.2 Å². The summed E-state index contributed by atoms with van der Waals surface area (Å²) in [6, 6.07) is 15.4. The number of hydrogen-bond acceptors (Lipinski definition) is 4. The molecule has 164 valence electrons. The van der Waals surface area contributed by atoms with Crippen LogP contribution in [0.3, 0.4) is 0 Å². The fraction of sp³-hybridized carbons (Fsp3) is 0.333. The number of carbonyl (C=O) groups is 1. The van der Waals surface area contributed by atoms with Crippen LogP contribution in [0, 0.1) is 5.92 Å². The quantitative estimate of drug-likeness (QED) is 0.470. The average Bonchev–Trinajstić information content (AvgIpc) is 3.26. The molecule has 7 rings (SSSR count). The molecule has 6 nitrogen and oxygen atoms in total. The molecule has 0 unspecified atom stereocenters. The van der Waals surface area contributed by atoms with Gasteiger partial charge in [0.2, 0.25) is 0 Å². The molecule has 1 saturated carbocycles. The summed E-state index contributed by atoms with van der Waals surface area (Å²) in [5.41, 5.74) is 3.18. The average molecular weight is 468 g/mol. The molecule has 3 aromatic rings. The normalized spacial score (nSPS) is 29.0. The van der Waals surface area contributed by atoms with Crippen LogP contribution in [0.1, 0.15) is 12.0 Å². The van der Waals surface area contributed by atoms with Crippen molar-refractivity contribution in [2.24, 2.45) is 13.0 Å². The predicted octanol–water partition coefficient (Wildman–Crippen LogP) is 3.48. The standard InChI is InChI=1S/C24H22ClN3O3S/c1-26-11-13(16-4-2-3-5-18(16)26)12-27-21-20(17-10-19(29)22(21)31-23(17)30)28(24(27)32)15-8-6-14(25)7-9-15/h2-9,11,17,19-22,29H,10,12H2,1H3/t17-,19+,20+,21-,22-/m0/s1. The number of benzene rings is 2. The van der Waals surface area contributed by atoms with Crippen molar-refractivity contribution in [2.45, 2.75) is 37.3 Å². The van der Waals surface area contributed by atoms with Gasteiger partial charge < -0.3 is 24.2 Å². The number of halogens is 1. The van der Waals surface area contributed by atoms with Crippen LogP contribution in [0.5, 0.6) is 0 Å². The van der Waals surface area contributed by atoms with Gasteiger partial charge in [-0.15, -0.1) is 0 Å². The number of para-hydroxylation sites is 1. The molecule has 3 aliphatic heterocycles. The van der Waals surface area contributed by atoms with Gasteiger partial charge in [-0.05, 0) is 54.5 Å². The Balaban J connectivity index is 1.45. The number of ether oxygens (including phenoxy) is 1. The van der Waals surface area contributed by atoms with Crippen molar-refractivity contribution in [1.29, 1.82) is 0 Å². The molecule has 8 heteroatoms. The smallest absolute Gasteiger partial charge is 0.311 e. The molecule has 2 aromatic carbocycles. The first-order chi connectivity index (χ1) is 15.4. The summed E-state index contributed by atoms with van der Waals surface area (Å²) in [5, 5.41) is 13.2. The van der Waals surface area contributed by atoms with Crippen molar-refractivity contribution in [3.8, 4) is 0 Å². The summed E-state index contributed by atoms with van der Waals surface area (Å²) in [5.74, 6) is -0.693. The van der Waals surface area contributed by atoms with Gasteiger partial charge in [0, 0.05) is 41.4 Å². The Labute approximate surface area is 195 Å². The summed E-state index contributed by atoms with van der Waals surface area (Å²) >= 11 is 12.1. The summed E-state index contributed by atoms with van der Waals surface area (Å²) in [6.45, 7) is 0.568. The van der Waals surface area contributed by atoms with Crippen LogP contribution in [0.15, 0.2) is 54.7 Å². The van der Waals surface area contributed by atoms with Crippen molar-refractivity contribution in [1.82, 2.24) is 9.47 Å². The first-order valence-electron chi connectivity index (χ1n) is 10.7. The van der Waals surface area contributed by atoms with E-state index in [1.54, 1.807) is 0 Å². The number of nitrogens with zero attached hydrogens (tertiary/aromatic N) is 3.